The number of nitrogens with zero attached hydrogens (tertiary/aromatic N) is 5. The summed E-state index contributed by atoms with van der Waals surface area (Å²) in [4.78, 5) is 32.7. The van der Waals surface area contributed by atoms with Gasteiger partial charge in [0.2, 0.25) is 0 Å². The molecule has 3 heterocycles. The van der Waals surface area contributed by atoms with E-state index >= 15 is 4.39 Å². The number of imidazole rings is 1. The van der Waals surface area contributed by atoms with Crippen LogP contribution in [0.1, 0.15) is 52.4 Å². The SMILES string of the molecule is Cn1ccnc1CCC(O)[C@]1(F)c2c(ccc(-c3ccc(Cl)cc3)c2Cc2ncc(Cl)cn2)C(=O)N1OCC1(CO)CC1. The average molecular weight is 627 g/mol. The van der Waals surface area contributed by atoms with Crippen LogP contribution in [0.4, 0.5) is 4.39 Å². The lowest BCUT2D eigenvalue weighted by Crippen LogP contribution is -2.50. The highest BCUT2D eigenvalue weighted by molar-refractivity contribution is 6.30. The van der Waals surface area contributed by atoms with Crippen molar-refractivity contribution in [2.45, 2.75) is 44.0 Å². The summed E-state index contributed by atoms with van der Waals surface area (Å²) in [5.41, 5.74) is 1.28. The highest BCUT2D eigenvalue weighted by Crippen LogP contribution is 2.51. The molecule has 1 aliphatic heterocycles. The fourth-order valence-electron chi connectivity index (χ4n) is 5.53. The summed E-state index contributed by atoms with van der Waals surface area (Å²) in [6.45, 7) is -0.219. The van der Waals surface area contributed by atoms with Gasteiger partial charge in [0.1, 0.15) is 17.8 Å². The van der Waals surface area contributed by atoms with E-state index in [9.17, 15) is 15.0 Å². The minimum absolute atomic E-state index is 0.00955. The lowest BCUT2D eigenvalue weighted by atomic mass is 9.85. The second kappa shape index (κ2) is 11.6. The van der Waals surface area contributed by atoms with Crippen molar-refractivity contribution in [1.82, 2.24) is 24.6 Å². The third kappa shape index (κ3) is 5.54. The fraction of sp³-hybridized carbons (Fsp3) is 0.355. The van der Waals surface area contributed by atoms with Gasteiger partial charge in [0.25, 0.3) is 11.7 Å². The number of alkyl halides is 1. The number of aromatic nitrogens is 4. The van der Waals surface area contributed by atoms with Gasteiger partial charge in [-0.25, -0.2) is 19.3 Å². The number of hydroxylamine groups is 2. The van der Waals surface area contributed by atoms with Gasteiger partial charge in [0.15, 0.2) is 0 Å². The van der Waals surface area contributed by atoms with E-state index in [1.165, 1.54) is 12.4 Å². The normalized spacial score (nSPS) is 19.5. The van der Waals surface area contributed by atoms with Crippen molar-refractivity contribution in [2.75, 3.05) is 13.2 Å². The first-order chi connectivity index (χ1) is 20.6. The molecule has 1 saturated carbocycles. The van der Waals surface area contributed by atoms with Crippen molar-refractivity contribution >= 4 is 29.1 Å². The van der Waals surface area contributed by atoms with E-state index < -0.39 is 23.2 Å². The Morgan fingerprint density at radius 3 is 2.37 bits per heavy atom. The van der Waals surface area contributed by atoms with Gasteiger partial charge in [0.05, 0.1) is 23.8 Å². The minimum atomic E-state index is -2.77. The number of rotatable bonds is 11. The molecule has 2 atom stereocenters. The van der Waals surface area contributed by atoms with Gasteiger partial charge in [-0.05, 0) is 54.2 Å². The maximum absolute atomic E-state index is 18.0. The summed E-state index contributed by atoms with van der Waals surface area (Å²) in [5, 5.41) is 23.1. The van der Waals surface area contributed by atoms with E-state index in [0.29, 0.717) is 50.7 Å². The molecule has 2 N–H and O–H groups in total. The van der Waals surface area contributed by atoms with Gasteiger partial charge in [-0.2, -0.15) is 5.06 Å². The molecule has 2 aromatic carbocycles. The van der Waals surface area contributed by atoms with E-state index in [4.69, 9.17) is 28.0 Å². The third-order valence-corrected chi connectivity index (χ3v) is 8.78. The number of halogens is 3. The van der Waals surface area contributed by atoms with Gasteiger partial charge in [-0.1, -0.05) is 41.4 Å². The van der Waals surface area contributed by atoms with E-state index in [2.05, 4.69) is 15.0 Å². The summed E-state index contributed by atoms with van der Waals surface area (Å²) in [7, 11) is 1.82. The van der Waals surface area contributed by atoms with Crippen molar-refractivity contribution < 1.29 is 24.2 Å². The molecule has 1 fully saturated rings. The highest BCUT2D eigenvalue weighted by Gasteiger charge is 2.59. The van der Waals surface area contributed by atoms with Crippen LogP contribution in [0.3, 0.4) is 0 Å². The molecule has 43 heavy (non-hydrogen) atoms. The molecule has 0 spiro atoms. The highest BCUT2D eigenvalue weighted by atomic mass is 35.5. The Bertz CT molecular complexity index is 1650. The van der Waals surface area contributed by atoms with Gasteiger partial charge < -0.3 is 14.8 Å². The smallest absolute Gasteiger partial charge is 0.281 e. The van der Waals surface area contributed by atoms with Crippen LogP contribution in [-0.4, -0.2) is 60.0 Å². The van der Waals surface area contributed by atoms with E-state index in [0.717, 1.165) is 5.56 Å². The van der Waals surface area contributed by atoms with Gasteiger partial charge in [0, 0.05) is 60.7 Å². The van der Waals surface area contributed by atoms with Crippen LogP contribution in [0.15, 0.2) is 61.2 Å². The number of aliphatic hydroxyl groups is 2. The van der Waals surface area contributed by atoms with Crippen LogP contribution in [0, 0.1) is 5.41 Å². The number of aliphatic hydroxyl groups excluding tert-OH is 2. The monoisotopic (exact) mass is 625 g/mol. The predicted octanol–water partition coefficient (Wildman–Crippen LogP) is 5.05. The third-order valence-electron chi connectivity index (χ3n) is 8.33. The molecule has 2 aromatic heterocycles. The Kier molecular flexibility index (Phi) is 7.99. The van der Waals surface area contributed by atoms with E-state index in [1.54, 1.807) is 53.4 Å². The Balaban J connectivity index is 1.49. The minimum Gasteiger partial charge on any atom is -0.396 e. The molecular weight excluding hydrogens is 596 g/mol. The number of carbonyl (C=O) groups is 1. The summed E-state index contributed by atoms with van der Waals surface area (Å²) >= 11 is 12.2. The van der Waals surface area contributed by atoms with Crippen LogP contribution in [0.2, 0.25) is 10.0 Å². The van der Waals surface area contributed by atoms with Crippen molar-refractivity contribution in [3.05, 3.63) is 99.6 Å². The maximum atomic E-state index is 18.0. The van der Waals surface area contributed by atoms with Crippen molar-refractivity contribution in [1.29, 1.82) is 0 Å². The lowest BCUT2D eigenvalue weighted by Gasteiger charge is -2.36. The number of amides is 1. The Morgan fingerprint density at radius 2 is 1.74 bits per heavy atom. The Morgan fingerprint density at radius 1 is 1.05 bits per heavy atom. The molecule has 12 heteroatoms. The zero-order chi connectivity index (χ0) is 30.4. The van der Waals surface area contributed by atoms with Crippen molar-refractivity contribution in [2.24, 2.45) is 12.5 Å². The second-order valence-corrected chi connectivity index (χ2v) is 12.1. The number of aryl methyl sites for hydroxylation is 2. The number of carbonyl (C=O) groups excluding carboxylic acids is 1. The number of fused-ring (bicyclic) bond motifs is 1. The topological polar surface area (TPSA) is 114 Å². The molecule has 0 saturated heterocycles. The number of benzene rings is 2. The standard InChI is InChI=1S/C31H30Cl2FN5O4/c1-38-13-12-35-27(38)9-8-25(41)31(34)28-23(29(42)39(31)43-18-30(17-40)10-11-30)7-6-22(19-2-4-20(32)5-3-19)24(28)14-26-36-15-21(33)16-37-26/h2-7,12-13,15-16,25,40-41H,8-11,14,17-18H2,1H3/t25?,31-/m1/s1. The quantitative estimate of drug-likeness (QED) is 0.224. The number of hydrogen-bond donors (Lipinski definition) is 2. The first-order valence-electron chi connectivity index (χ1n) is 14.0. The van der Waals surface area contributed by atoms with Crippen LogP contribution in [-0.2, 0) is 30.5 Å². The molecule has 1 amide bonds. The van der Waals surface area contributed by atoms with Crippen LogP contribution >= 0.6 is 23.2 Å². The fourth-order valence-corrected chi connectivity index (χ4v) is 5.76. The maximum Gasteiger partial charge on any atom is 0.281 e. The van der Waals surface area contributed by atoms with Gasteiger partial charge >= 0.3 is 0 Å². The summed E-state index contributed by atoms with van der Waals surface area (Å²) < 4.78 is 19.8. The van der Waals surface area contributed by atoms with Gasteiger partial charge in [-0.3, -0.25) is 9.63 Å². The first-order valence-corrected chi connectivity index (χ1v) is 14.7. The Labute approximate surface area is 257 Å². The molecule has 0 bridgehead atoms. The number of hydrogen-bond acceptors (Lipinski definition) is 7. The first kappa shape index (κ1) is 29.7. The lowest BCUT2D eigenvalue weighted by molar-refractivity contribution is -0.267. The van der Waals surface area contributed by atoms with Crippen LogP contribution in [0.25, 0.3) is 11.1 Å². The average Bonchev–Trinajstić information content (AvgIpc) is 3.62. The van der Waals surface area contributed by atoms with E-state index in [-0.39, 0.29) is 43.6 Å². The molecule has 4 aromatic rings. The summed E-state index contributed by atoms with van der Waals surface area (Å²) in [6, 6.07) is 10.3. The largest absolute Gasteiger partial charge is 0.396 e. The van der Waals surface area contributed by atoms with Crippen molar-refractivity contribution in [3.63, 3.8) is 0 Å². The van der Waals surface area contributed by atoms with Crippen molar-refractivity contribution in [3.8, 4) is 11.1 Å². The second-order valence-electron chi connectivity index (χ2n) is 11.2. The zero-order valence-corrected chi connectivity index (χ0v) is 24.9. The summed E-state index contributed by atoms with van der Waals surface area (Å²) in [5.74, 6) is -2.49. The molecule has 6 rings (SSSR count). The molecule has 0 radical (unpaired) electrons. The van der Waals surface area contributed by atoms with Crippen LogP contribution in [0.5, 0.6) is 0 Å². The molecule has 9 nitrogen and oxygen atoms in total. The van der Waals surface area contributed by atoms with Gasteiger partial charge in [-0.15, -0.1) is 0 Å². The predicted molar refractivity (Wildman–Crippen MR) is 158 cm³/mol. The Hall–Kier alpha value is -3.41. The molecule has 2 aliphatic rings. The molecule has 1 unspecified atom stereocenters. The molecule has 1 aliphatic carbocycles. The zero-order valence-electron chi connectivity index (χ0n) is 23.4. The molecular formula is C31H30Cl2FN5O4. The van der Waals surface area contributed by atoms with Crippen LogP contribution < -0.4 is 0 Å². The van der Waals surface area contributed by atoms with E-state index in [1.807, 2.05) is 7.05 Å². The molecule has 224 valence electrons. The summed E-state index contributed by atoms with van der Waals surface area (Å²) in [6.07, 6.45) is 6.22.